The SMILES string of the molecule is COc1cc2nc(N3CCc4c(cccc4NS(C)(=O)=O)C3)nc(N)c2c(-c2ccccn2)c1OC.CS(=O)(=O)[O-]. The van der Waals surface area contributed by atoms with Crippen molar-refractivity contribution in [3.05, 3.63) is 59.8 Å². The highest BCUT2D eigenvalue weighted by molar-refractivity contribution is 7.92. The van der Waals surface area contributed by atoms with Gasteiger partial charge in [-0.05, 0) is 35.7 Å². The van der Waals surface area contributed by atoms with E-state index in [4.69, 9.17) is 33.2 Å². The van der Waals surface area contributed by atoms with Crippen LogP contribution >= 0.6 is 0 Å². The maximum absolute atomic E-state index is 11.8. The minimum absolute atomic E-state index is 0.301. The third kappa shape index (κ3) is 7.11. The van der Waals surface area contributed by atoms with Gasteiger partial charge in [0.2, 0.25) is 16.0 Å². The summed E-state index contributed by atoms with van der Waals surface area (Å²) in [5.74, 6) is 1.79. The van der Waals surface area contributed by atoms with Crippen molar-refractivity contribution in [2.45, 2.75) is 13.0 Å². The molecule has 41 heavy (non-hydrogen) atoms. The summed E-state index contributed by atoms with van der Waals surface area (Å²) in [6.45, 7) is 1.11. The summed E-state index contributed by atoms with van der Waals surface area (Å²) in [5.41, 5.74) is 11.0. The molecule has 2 aromatic heterocycles. The van der Waals surface area contributed by atoms with Crippen LogP contribution in [-0.4, -0.2) is 69.6 Å². The van der Waals surface area contributed by atoms with Crippen LogP contribution in [0.3, 0.4) is 0 Å². The van der Waals surface area contributed by atoms with Gasteiger partial charge in [-0.2, -0.15) is 4.98 Å². The van der Waals surface area contributed by atoms with Gasteiger partial charge < -0.3 is 24.7 Å². The lowest BCUT2D eigenvalue weighted by atomic mass is 9.98. The molecule has 218 valence electrons. The van der Waals surface area contributed by atoms with Crippen LogP contribution in [0, 0.1) is 0 Å². The Morgan fingerprint density at radius 1 is 1.02 bits per heavy atom. The molecular weight excluding hydrogens is 572 g/mol. The van der Waals surface area contributed by atoms with Gasteiger partial charge >= 0.3 is 0 Å². The normalized spacial score (nSPS) is 13.1. The monoisotopic (exact) mass is 601 g/mol. The van der Waals surface area contributed by atoms with Gasteiger partial charge in [-0.1, -0.05) is 18.2 Å². The summed E-state index contributed by atoms with van der Waals surface area (Å²) < 4.78 is 64.7. The molecule has 3 heterocycles. The van der Waals surface area contributed by atoms with Gasteiger partial charge in [0.05, 0.1) is 58.4 Å². The molecule has 5 rings (SSSR count). The average molecular weight is 602 g/mol. The molecule has 1 aliphatic rings. The molecule has 4 aromatic rings. The maximum atomic E-state index is 11.8. The molecule has 0 atom stereocenters. The number of nitrogens with zero attached hydrogens (tertiary/aromatic N) is 4. The number of sulfonamides is 1. The number of nitrogen functional groups attached to an aromatic ring is 1. The first-order valence-electron chi connectivity index (χ1n) is 12.2. The number of pyridine rings is 1. The average Bonchev–Trinajstić information content (AvgIpc) is 2.90. The highest BCUT2D eigenvalue weighted by atomic mass is 32.2. The predicted molar refractivity (Wildman–Crippen MR) is 156 cm³/mol. The van der Waals surface area contributed by atoms with E-state index < -0.39 is 20.1 Å². The molecule has 0 radical (unpaired) electrons. The van der Waals surface area contributed by atoms with E-state index in [0.29, 0.717) is 76.9 Å². The number of hydrogen-bond acceptors (Lipinski definition) is 12. The van der Waals surface area contributed by atoms with E-state index in [9.17, 15) is 8.42 Å². The summed E-state index contributed by atoms with van der Waals surface area (Å²) in [7, 11) is -4.15. The van der Waals surface area contributed by atoms with Gasteiger partial charge in [0.1, 0.15) is 5.82 Å². The van der Waals surface area contributed by atoms with E-state index in [2.05, 4.69) is 14.7 Å². The van der Waals surface area contributed by atoms with Gasteiger partial charge in [-0.15, -0.1) is 0 Å². The van der Waals surface area contributed by atoms with Gasteiger partial charge in [0.25, 0.3) is 0 Å². The van der Waals surface area contributed by atoms with Gasteiger partial charge in [-0.25, -0.2) is 21.8 Å². The second-order valence-electron chi connectivity index (χ2n) is 9.20. The number of hydrogen-bond donors (Lipinski definition) is 2. The molecular formula is C26H29N6O7S2-. The maximum Gasteiger partial charge on any atom is 0.229 e. The molecule has 0 saturated heterocycles. The first kappa shape index (κ1) is 29.8. The third-order valence-electron chi connectivity index (χ3n) is 6.11. The van der Waals surface area contributed by atoms with Crippen LogP contribution in [0.4, 0.5) is 17.5 Å². The molecule has 3 N–H and O–H groups in total. The van der Waals surface area contributed by atoms with Gasteiger partial charge in [0, 0.05) is 31.6 Å². The highest BCUT2D eigenvalue weighted by Crippen LogP contribution is 2.44. The van der Waals surface area contributed by atoms with Crippen molar-refractivity contribution in [1.29, 1.82) is 0 Å². The van der Waals surface area contributed by atoms with E-state index in [1.54, 1.807) is 32.5 Å². The Labute approximate surface area is 238 Å². The van der Waals surface area contributed by atoms with Crippen molar-refractivity contribution in [3.8, 4) is 22.8 Å². The first-order chi connectivity index (χ1) is 19.3. The zero-order valence-corrected chi connectivity index (χ0v) is 24.4. The minimum atomic E-state index is -3.92. The quantitative estimate of drug-likeness (QED) is 0.307. The van der Waals surface area contributed by atoms with Crippen molar-refractivity contribution in [2.24, 2.45) is 0 Å². The molecule has 15 heteroatoms. The number of rotatable bonds is 6. The van der Waals surface area contributed by atoms with Crippen molar-refractivity contribution in [3.63, 3.8) is 0 Å². The smallest absolute Gasteiger partial charge is 0.229 e. The molecule has 0 unspecified atom stereocenters. The van der Waals surface area contributed by atoms with Crippen molar-refractivity contribution in [1.82, 2.24) is 15.0 Å². The van der Waals surface area contributed by atoms with E-state index >= 15 is 0 Å². The number of nitrogens with one attached hydrogen (secondary N) is 1. The number of methoxy groups -OCH3 is 2. The highest BCUT2D eigenvalue weighted by Gasteiger charge is 2.25. The van der Waals surface area contributed by atoms with Crippen molar-refractivity contribution >= 4 is 48.5 Å². The van der Waals surface area contributed by atoms with Gasteiger partial charge in [0.15, 0.2) is 11.5 Å². The molecule has 0 bridgehead atoms. The topological polar surface area (TPSA) is 190 Å². The molecule has 0 aliphatic carbocycles. The molecule has 1 aliphatic heterocycles. The lowest BCUT2D eigenvalue weighted by Crippen LogP contribution is -2.32. The third-order valence-corrected chi connectivity index (χ3v) is 6.70. The summed E-state index contributed by atoms with van der Waals surface area (Å²) in [4.78, 5) is 16.0. The number of benzene rings is 2. The Hall–Kier alpha value is -4.21. The van der Waals surface area contributed by atoms with E-state index in [0.717, 1.165) is 17.4 Å². The predicted octanol–water partition coefficient (Wildman–Crippen LogP) is 2.39. The van der Waals surface area contributed by atoms with Crippen LogP contribution in [0.1, 0.15) is 11.1 Å². The van der Waals surface area contributed by atoms with Crippen LogP contribution in [-0.2, 0) is 33.1 Å². The Morgan fingerprint density at radius 2 is 1.76 bits per heavy atom. The molecule has 13 nitrogen and oxygen atoms in total. The molecule has 0 fully saturated rings. The number of ether oxygens (including phenoxy) is 2. The second kappa shape index (κ2) is 11.7. The zero-order chi connectivity index (χ0) is 29.9. The Balaban J connectivity index is 0.000000714. The fraction of sp³-hybridized carbons (Fsp3) is 0.269. The van der Waals surface area contributed by atoms with Crippen LogP contribution in [0.5, 0.6) is 11.5 Å². The van der Waals surface area contributed by atoms with Crippen molar-refractivity contribution in [2.75, 3.05) is 48.6 Å². The first-order valence-corrected chi connectivity index (χ1v) is 15.9. The molecule has 2 aromatic carbocycles. The minimum Gasteiger partial charge on any atom is -0.748 e. The lowest BCUT2D eigenvalue weighted by molar-refractivity contribution is 0.357. The summed E-state index contributed by atoms with van der Waals surface area (Å²) in [5, 5.41) is 0.632. The Morgan fingerprint density at radius 3 is 2.37 bits per heavy atom. The zero-order valence-electron chi connectivity index (χ0n) is 22.8. The standard InChI is InChI=1S/C25H26N6O4S.CH4O3S/c1-34-20-13-19-22(21(23(20)35-2)18-8-4-5-11-27-18)24(26)29-25(28-19)31-12-10-16-15(14-31)7-6-9-17(16)30-36(3,32)33;1-5(2,3)4/h4-9,11,13,30H,10,12,14H2,1-3H3,(H2,26,28,29);1H3,(H,2,3,4)/p-1. The van der Waals surface area contributed by atoms with Crippen molar-refractivity contribution < 1.29 is 30.9 Å². The molecule has 0 saturated carbocycles. The van der Waals surface area contributed by atoms with Crippen LogP contribution in [0.15, 0.2) is 48.7 Å². The number of anilines is 3. The summed E-state index contributed by atoms with van der Waals surface area (Å²) in [6.07, 6.45) is 4.08. The fourth-order valence-corrected chi connectivity index (χ4v) is 5.19. The van der Waals surface area contributed by atoms with Crippen LogP contribution in [0.2, 0.25) is 0 Å². The van der Waals surface area contributed by atoms with E-state index in [-0.39, 0.29) is 0 Å². The van der Waals surface area contributed by atoms with E-state index in [1.807, 2.05) is 35.2 Å². The van der Waals surface area contributed by atoms with Crippen LogP contribution < -0.4 is 24.8 Å². The Bertz CT molecular complexity index is 1790. The fourth-order valence-electron chi connectivity index (χ4n) is 4.60. The Kier molecular flexibility index (Phi) is 8.51. The largest absolute Gasteiger partial charge is 0.748 e. The summed E-state index contributed by atoms with van der Waals surface area (Å²) >= 11 is 0. The number of fused-ring (bicyclic) bond motifs is 2. The molecule has 0 amide bonds. The van der Waals surface area contributed by atoms with Crippen LogP contribution in [0.25, 0.3) is 22.2 Å². The van der Waals surface area contributed by atoms with Gasteiger partial charge in [-0.3, -0.25) is 9.71 Å². The lowest BCUT2D eigenvalue weighted by Gasteiger charge is -2.30. The summed E-state index contributed by atoms with van der Waals surface area (Å²) in [6, 6.07) is 13.0. The number of aromatic nitrogens is 3. The molecule has 0 spiro atoms. The number of nitrogens with two attached hydrogens (primary N) is 1. The second-order valence-corrected chi connectivity index (χ2v) is 12.4. The van der Waals surface area contributed by atoms with E-state index in [1.165, 1.54) is 0 Å².